The van der Waals surface area contributed by atoms with Gasteiger partial charge in [0.15, 0.2) is 5.76 Å². The highest BCUT2D eigenvalue weighted by molar-refractivity contribution is 7.92. The molecule has 0 aliphatic rings. The van der Waals surface area contributed by atoms with Crippen molar-refractivity contribution in [2.24, 2.45) is 0 Å². The van der Waals surface area contributed by atoms with Gasteiger partial charge in [-0.3, -0.25) is 4.72 Å². The van der Waals surface area contributed by atoms with Gasteiger partial charge < -0.3 is 4.52 Å². The summed E-state index contributed by atoms with van der Waals surface area (Å²) in [6, 6.07) is 14.5. The second kappa shape index (κ2) is 7.33. The summed E-state index contributed by atoms with van der Waals surface area (Å²) in [4.78, 5) is 0.258. The highest BCUT2D eigenvalue weighted by Gasteiger charge is 2.20. The lowest BCUT2D eigenvalue weighted by Gasteiger charge is -2.13. The molecule has 0 amide bonds. The number of sulfonamides is 1. The predicted molar refractivity (Wildman–Crippen MR) is 103 cm³/mol. The number of aromatic nitrogens is 1. The maximum Gasteiger partial charge on any atom is 0.262 e. The highest BCUT2D eigenvalue weighted by Crippen LogP contribution is 2.28. The molecular formula is C20H22N2O3S. The largest absolute Gasteiger partial charge is 0.356 e. The molecule has 5 nitrogen and oxygen atoms in total. The van der Waals surface area contributed by atoms with Gasteiger partial charge in [0, 0.05) is 17.3 Å². The summed E-state index contributed by atoms with van der Waals surface area (Å²) in [5, 5.41) is 3.87. The number of aryl methyl sites for hydroxylation is 3. The molecule has 0 fully saturated rings. The van der Waals surface area contributed by atoms with E-state index in [1.807, 2.05) is 51.1 Å². The molecule has 1 N–H and O–H groups in total. The van der Waals surface area contributed by atoms with Crippen LogP contribution < -0.4 is 4.72 Å². The molecule has 0 radical (unpaired) electrons. The van der Waals surface area contributed by atoms with E-state index in [0.717, 1.165) is 23.2 Å². The van der Waals surface area contributed by atoms with Crippen LogP contribution in [0.2, 0.25) is 0 Å². The van der Waals surface area contributed by atoms with Crippen molar-refractivity contribution in [2.45, 2.75) is 38.5 Å². The van der Waals surface area contributed by atoms with E-state index < -0.39 is 10.0 Å². The number of anilines is 1. The van der Waals surface area contributed by atoms with E-state index in [9.17, 15) is 8.42 Å². The first kappa shape index (κ1) is 18.2. The number of hydrogen-bond acceptors (Lipinski definition) is 4. The van der Waals surface area contributed by atoms with E-state index in [0.29, 0.717) is 23.4 Å². The van der Waals surface area contributed by atoms with Gasteiger partial charge in [-0.05, 0) is 49.1 Å². The molecule has 6 heteroatoms. The molecule has 2 aromatic carbocycles. The lowest BCUT2D eigenvalue weighted by atomic mass is 10.1. The Balaban J connectivity index is 2.02. The van der Waals surface area contributed by atoms with E-state index in [2.05, 4.69) is 9.88 Å². The maximum absolute atomic E-state index is 13.0. The fraction of sp³-hybridized carbons (Fsp3) is 0.250. The minimum Gasteiger partial charge on any atom is -0.356 e. The van der Waals surface area contributed by atoms with Crippen molar-refractivity contribution in [3.05, 3.63) is 65.4 Å². The molecule has 0 aliphatic carbocycles. The Hall–Kier alpha value is -2.60. The number of nitrogens with zero attached hydrogens (tertiary/aromatic N) is 1. The van der Waals surface area contributed by atoms with Crippen LogP contribution >= 0.6 is 0 Å². The zero-order chi connectivity index (χ0) is 18.7. The normalized spacial score (nSPS) is 11.5. The summed E-state index contributed by atoms with van der Waals surface area (Å²) >= 11 is 0. The molecule has 3 aromatic rings. The first-order valence-electron chi connectivity index (χ1n) is 8.61. The molecule has 3 rings (SSSR count). The zero-order valence-corrected chi connectivity index (χ0v) is 15.9. The van der Waals surface area contributed by atoms with Crippen LogP contribution in [-0.2, 0) is 22.9 Å². The van der Waals surface area contributed by atoms with Crippen LogP contribution in [0.1, 0.15) is 30.7 Å². The van der Waals surface area contributed by atoms with Gasteiger partial charge in [-0.1, -0.05) is 43.3 Å². The summed E-state index contributed by atoms with van der Waals surface area (Å²) in [7, 11) is -3.72. The lowest BCUT2D eigenvalue weighted by molar-refractivity contribution is 0.427. The van der Waals surface area contributed by atoms with Gasteiger partial charge >= 0.3 is 0 Å². The molecule has 1 aromatic heterocycles. The van der Waals surface area contributed by atoms with Crippen LogP contribution in [0.4, 0.5) is 5.69 Å². The highest BCUT2D eigenvalue weighted by atomic mass is 32.2. The van der Waals surface area contributed by atoms with Gasteiger partial charge in [0.05, 0.1) is 10.6 Å². The second-order valence-corrected chi connectivity index (χ2v) is 7.82. The molecule has 136 valence electrons. The van der Waals surface area contributed by atoms with Gasteiger partial charge in [-0.25, -0.2) is 8.42 Å². The lowest BCUT2D eigenvalue weighted by Crippen LogP contribution is -2.15. The average molecular weight is 370 g/mol. The van der Waals surface area contributed by atoms with Crippen LogP contribution in [0.25, 0.3) is 11.3 Å². The number of benzene rings is 2. The standard InChI is InChI=1S/C20H22N2O3S/c1-4-15-7-6-8-18(12-15)22-26(23,24)20-13-17(10-9-16(20)5-2)19-11-14(3)21-25-19/h6-13,22H,4-5H2,1-3H3. The van der Waals surface area contributed by atoms with Crippen molar-refractivity contribution in [2.75, 3.05) is 4.72 Å². The predicted octanol–water partition coefficient (Wildman–Crippen LogP) is 4.58. The Kier molecular flexibility index (Phi) is 5.13. The zero-order valence-electron chi connectivity index (χ0n) is 15.1. The number of hydrogen-bond donors (Lipinski definition) is 1. The minimum atomic E-state index is -3.72. The van der Waals surface area contributed by atoms with Crippen LogP contribution in [0.5, 0.6) is 0 Å². The third-order valence-corrected chi connectivity index (χ3v) is 5.70. The van der Waals surface area contributed by atoms with Crippen molar-refractivity contribution in [3.63, 3.8) is 0 Å². The van der Waals surface area contributed by atoms with Crippen LogP contribution in [0.3, 0.4) is 0 Å². The summed E-state index contributed by atoms with van der Waals surface area (Å²) in [6.45, 7) is 5.79. The first-order chi connectivity index (χ1) is 12.4. The van der Waals surface area contributed by atoms with E-state index in [4.69, 9.17) is 4.52 Å². The van der Waals surface area contributed by atoms with Crippen LogP contribution in [-0.4, -0.2) is 13.6 Å². The van der Waals surface area contributed by atoms with Gasteiger partial charge in [0.2, 0.25) is 0 Å². The second-order valence-electron chi connectivity index (χ2n) is 6.17. The summed E-state index contributed by atoms with van der Waals surface area (Å²) in [6.07, 6.45) is 1.46. The topological polar surface area (TPSA) is 72.2 Å². The van der Waals surface area contributed by atoms with Crippen LogP contribution in [0, 0.1) is 6.92 Å². The summed E-state index contributed by atoms with van der Waals surface area (Å²) in [5.41, 5.74) is 3.83. The molecule has 0 saturated heterocycles. The Bertz CT molecular complexity index is 1020. The number of rotatable bonds is 6. The van der Waals surface area contributed by atoms with Crippen molar-refractivity contribution in [1.29, 1.82) is 0 Å². The van der Waals surface area contributed by atoms with Crippen molar-refractivity contribution >= 4 is 15.7 Å². The Labute approximate surface area is 154 Å². The molecule has 1 heterocycles. The van der Waals surface area contributed by atoms with Gasteiger partial charge in [0.1, 0.15) is 0 Å². The molecule has 0 aliphatic heterocycles. The monoisotopic (exact) mass is 370 g/mol. The fourth-order valence-corrected chi connectivity index (χ4v) is 4.20. The maximum atomic E-state index is 13.0. The average Bonchev–Trinajstić information content (AvgIpc) is 3.07. The quantitative estimate of drug-likeness (QED) is 0.689. The van der Waals surface area contributed by atoms with Gasteiger partial charge in [-0.15, -0.1) is 0 Å². The molecule has 0 spiro atoms. The van der Waals surface area contributed by atoms with Gasteiger partial charge in [0.25, 0.3) is 10.0 Å². The minimum absolute atomic E-state index is 0.258. The molecule has 0 bridgehead atoms. The Morgan fingerprint density at radius 1 is 1.04 bits per heavy atom. The van der Waals surface area contributed by atoms with Crippen molar-refractivity contribution < 1.29 is 12.9 Å². The smallest absolute Gasteiger partial charge is 0.262 e. The van der Waals surface area contributed by atoms with E-state index >= 15 is 0 Å². The van der Waals surface area contributed by atoms with E-state index in [1.165, 1.54) is 0 Å². The number of nitrogens with one attached hydrogen (secondary N) is 1. The van der Waals surface area contributed by atoms with Crippen LogP contribution in [0.15, 0.2) is 57.9 Å². The summed E-state index contributed by atoms with van der Waals surface area (Å²) in [5.74, 6) is 0.551. The molecular weight excluding hydrogens is 348 g/mol. The van der Waals surface area contributed by atoms with Crippen molar-refractivity contribution in [1.82, 2.24) is 5.16 Å². The Morgan fingerprint density at radius 3 is 2.50 bits per heavy atom. The summed E-state index contributed by atoms with van der Waals surface area (Å²) < 4.78 is 34.0. The van der Waals surface area contributed by atoms with E-state index in [-0.39, 0.29) is 4.90 Å². The Morgan fingerprint density at radius 2 is 1.85 bits per heavy atom. The third kappa shape index (κ3) is 3.80. The first-order valence-corrected chi connectivity index (χ1v) is 10.1. The SMILES string of the molecule is CCc1cccc(NS(=O)(=O)c2cc(-c3cc(C)no3)ccc2CC)c1. The van der Waals surface area contributed by atoms with Crippen molar-refractivity contribution in [3.8, 4) is 11.3 Å². The third-order valence-electron chi connectivity index (χ3n) is 4.24. The fourth-order valence-electron chi connectivity index (χ4n) is 2.81. The molecule has 26 heavy (non-hydrogen) atoms. The van der Waals surface area contributed by atoms with E-state index in [1.54, 1.807) is 18.2 Å². The molecule has 0 saturated carbocycles. The molecule has 0 unspecified atom stereocenters. The molecule has 0 atom stereocenters. The van der Waals surface area contributed by atoms with Gasteiger partial charge in [-0.2, -0.15) is 0 Å².